The quantitative estimate of drug-likeness (QED) is 0.495. The van der Waals surface area contributed by atoms with Crippen molar-refractivity contribution >= 4 is 5.97 Å². The number of benzene rings is 1. The molecule has 1 N–H and O–H groups in total. The SMILES string of the molecule is Cc1cn(COCOC(=O)c2ccccc2)c(=O)[nH]c1=O. The van der Waals surface area contributed by atoms with Gasteiger partial charge in [-0.15, -0.1) is 0 Å². The average molecular weight is 290 g/mol. The van der Waals surface area contributed by atoms with Crippen molar-refractivity contribution in [3.63, 3.8) is 0 Å². The maximum absolute atomic E-state index is 11.6. The number of nitrogens with zero attached hydrogens (tertiary/aromatic N) is 1. The molecular formula is C14H14N2O5. The number of carbonyl (C=O) groups excluding carboxylic acids is 1. The van der Waals surface area contributed by atoms with Gasteiger partial charge in [0.25, 0.3) is 5.56 Å². The minimum atomic E-state index is -0.583. The third kappa shape index (κ3) is 3.90. The lowest BCUT2D eigenvalue weighted by molar-refractivity contribution is -0.0558. The summed E-state index contributed by atoms with van der Waals surface area (Å²) >= 11 is 0. The van der Waals surface area contributed by atoms with Gasteiger partial charge in [-0.05, 0) is 19.1 Å². The first-order chi connectivity index (χ1) is 10.1. The number of hydrogen-bond donors (Lipinski definition) is 1. The van der Waals surface area contributed by atoms with E-state index < -0.39 is 17.2 Å². The summed E-state index contributed by atoms with van der Waals surface area (Å²) < 4.78 is 11.2. The summed E-state index contributed by atoms with van der Waals surface area (Å²) in [6, 6.07) is 8.48. The van der Waals surface area contributed by atoms with Gasteiger partial charge in [0.05, 0.1) is 5.56 Å². The summed E-state index contributed by atoms with van der Waals surface area (Å²) in [6.07, 6.45) is 1.38. The van der Waals surface area contributed by atoms with E-state index in [1.165, 1.54) is 10.8 Å². The van der Waals surface area contributed by atoms with E-state index in [1.54, 1.807) is 37.3 Å². The van der Waals surface area contributed by atoms with E-state index in [-0.39, 0.29) is 13.5 Å². The summed E-state index contributed by atoms with van der Waals surface area (Å²) in [6.45, 7) is 1.15. The van der Waals surface area contributed by atoms with Crippen LogP contribution in [0.15, 0.2) is 46.1 Å². The molecule has 110 valence electrons. The van der Waals surface area contributed by atoms with Crippen LogP contribution in [0, 0.1) is 6.92 Å². The lowest BCUT2D eigenvalue weighted by Crippen LogP contribution is -2.31. The van der Waals surface area contributed by atoms with Crippen LogP contribution in [0.3, 0.4) is 0 Å². The van der Waals surface area contributed by atoms with Gasteiger partial charge < -0.3 is 9.47 Å². The molecule has 2 rings (SSSR count). The van der Waals surface area contributed by atoms with Crippen molar-refractivity contribution in [1.29, 1.82) is 0 Å². The van der Waals surface area contributed by atoms with Gasteiger partial charge in [-0.3, -0.25) is 14.3 Å². The fraction of sp³-hybridized carbons (Fsp3) is 0.214. The van der Waals surface area contributed by atoms with Crippen molar-refractivity contribution < 1.29 is 14.3 Å². The number of ether oxygens (including phenoxy) is 2. The van der Waals surface area contributed by atoms with Gasteiger partial charge >= 0.3 is 11.7 Å². The third-order valence-corrected chi connectivity index (χ3v) is 2.70. The zero-order chi connectivity index (χ0) is 15.2. The molecule has 0 aliphatic rings. The smallest absolute Gasteiger partial charge is 0.340 e. The van der Waals surface area contributed by atoms with Crippen LogP contribution in [0.1, 0.15) is 15.9 Å². The van der Waals surface area contributed by atoms with E-state index in [0.717, 1.165) is 0 Å². The Hall–Kier alpha value is -2.67. The molecule has 0 saturated heterocycles. The Morgan fingerprint density at radius 3 is 2.67 bits per heavy atom. The number of esters is 1. The molecule has 0 amide bonds. The summed E-state index contributed by atoms with van der Waals surface area (Å²) in [7, 11) is 0. The van der Waals surface area contributed by atoms with E-state index in [2.05, 4.69) is 4.98 Å². The van der Waals surface area contributed by atoms with Gasteiger partial charge in [0.15, 0.2) is 6.79 Å². The van der Waals surface area contributed by atoms with E-state index in [9.17, 15) is 14.4 Å². The van der Waals surface area contributed by atoms with Gasteiger partial charge in [0.2, 0.25) is 0 Å². The number of nitrogens with one attached hydrogen (secondary N) is 1. The van der Waals surface area contributed by atoms with Gasteiger partial charge in [0.1, 0.15) is 6.73 Å². The summed E-state index contributed by atoms with van der Waals surface area (Å²) in [4.78, 5) is 36.4. The molecule has 2 aromatic rings. The summed E-state index contributed by atoms with van der Waals surface area (Å²) in [5, 5.41) is 0. The molecule has 7 heteroatoms. The molecule has 1 aromatic heterocycles. The van der Waals surface area contributed by atoms with Crippen LogP contribution in [-0.4, -0.2) is 22.3 Å². The molecule has 1 heterocycles. The Morgan fingerprint density at radius 1 is 1.24 bits per heavy atom. The molecule has 0 fully saturated rings. The molecule has 7 nitrogen and oxygen atoms in total. The Labute approximate surface area is 119 Å². The molecule has 0 atom stereocenters. The standard InChI is InChI=1S/C14H14N2O5/c1-10-7-16(14(19)15-12(10)17)8-20-9-21-13(18)11-5-3-2-4-6-11/h2-7H,8-9H2,1H3,(H,15,17,19). The molecule has 21 heavy (non-hydrogen) atoms. The van der Waals surface area contributed by atoms with Crippen LogP contribution in [0.2, 0.25) is 0 Å². The highest BCUT2D eigenvalue weighted by Gasteiger charge is 2.06. The van der Waals surface area contributed by atoms with Crippen molar-refractivity contribution in [3.05, 3.63) is 68.5 Å². The second kappa shape index (κ2) is 6.67. The number of aryl methyl sites for hydroxylation is 1. The van der Waals surface area contributed by atoms with E-state index in [0.29, 0.717) is 11.1 Å². The molecular weight excluding hydrogens is 276 g/mol. The molecule has 0 aliphatic carbocycles. The Balaban J connectivity index is 1.86. The lowest BCUT2D eigenvalue weighted by Gasteiger charge is -2.08. The van der Waals surface area contributed by atoms with E-state index in [1.807, 2.05) is 0 Å². The van der Waals surface area contributed by atoms with Gasteiger partial charge in [0, 0.05) is 11.8 Å². The van der Waals surface area contributed by atoms with Crippen molar-refractivity contribution in [2.24, 2.45) is 0 Å². The highest BCUT2D eigenvalue weighted by molar-refractivity contribution is 5.89. The number of hydrogen-bond acceptors (Lipinski definition) is 5. The van der Waals surface area contributed by atoms with Crippen LogP contribution in [-0.2, 0) is 16.2 Å². The maximum Gasteiger partial charge on any atom is 0.340 e. The molecule has 0 bridgehead atoms. The minimum Gasteiger partial charge on any atom is -0.435 e. The Morgan fingerprint density at radius 2 is 1.95 bits per heavy atom. The number of rotatable bonds is 5. The number of aromatic nitrogens is 2. The molecule has 0 radical (unpaired) electrons. The first-order valence-electron chi connectivity index (χ1n) is 6.18. The molecule has 0 saturated carbocycles. The highest BCUT2D eigenvalue weighted by atomic mass is 16.7. The van der Waals surface area contributed by atoms with Crippen LogP contribution in [0.25, 0.3) is 0 Å². The molecule has 0 spiro atoms. The predicted molar refractivity (Wildman–Crippen MR) is 73.9 cm³/mol. The molecule has 0 aliphatic heterocycles. The summed E-state index contributed by atoms with van der Waals surface area (Å²) in [5.74, 6) is -0.513. The second-order valence-corrected chi connectivity index (χ2v) is 4.29. The van der Waals surface area contributed by atoms with Gasteiger partial charge in [-0.1, -0.05) is 18.2 Å². The van der Waals surface area contributed by atoms with Crippen LogP contribution < -0.4 is 11.2 Å². The highest BCUT2D eigenvalue weighted by Crippen LogP contribution is 2.00. The average Bonchev–Trinajstić information content (AvgIpc) is 2.49. The summed E-state index contributed by atoms with van der Waals surface area (Å²) in [5.41, 5.74) is -0.218. The largest absolute Gasteiger partial charge is 0.435 e. The third-order valence-electron chi connectivity index (χ3n) is 2.70. The normalized spacial score (nSPS) is 10.3. The first-order valence-corrected chi connectivity index (χ1v) is 6.18. The number of H-pyrrole nitrogens is 1. The van der Waals surface area contributed by atoms with Crippen LogP contribution >= 0.6 is 0 Å². The Bertz CT molecular complexity index is 733. The van der Waals surface area contributed by atoms with Gasteiger partial charge in [-0.25, -0.2) is 9.59 Å². The maximum atomic E-state index is 11.6. The van der Waals surface area contributed by atoms with E-state index >= 15 is 0 Å². The van der Waals surface area contributed by atoms with Crippen molar-refractivity contribution in [2.45, 2.75) is 13.7 Å². The first kappa shape index (κ1) is 14.7. The molecule has 1 aromatic carbocycles. The second-order valence-electron chi connectivity index (χ2n) is 4.29. The van der Waals surface area contributed by atoms with Crippen molar-refractivity contribution in [1.82, 2.24) is 9.55 Å². The topological polar surface area (TPSA) is 90.4 Å². The zero-order valence-corrected chi connectivity index (χ0v) is 11.4. The van der Waals surface area contributed by atoms with Crippen molar-refractivity contribution in [3.8, 4) is 0 Å². The lowest BCUT2D eigenvalue weighted by atomic mass is 10.2. The monoisotopic (exact) mass is 290 g/mol. The predicted octanol–water partition coefficient (Wildman–Crippen LogP) is 0.634. The Kier molecular flexibility index (Phi) is 4.68. The van der Waals surface area contributed by atoms with Crippen LogP contribution in [0.5, 0.6) is 0 Å². The number of aromatic amines is 1. The fourth-order valence-corrected chi connectivity index (χ4v) is 1.60. The van der Waals surface area contributed by atoms with E-state index in [4.69, 9.17) is 9.47 Å². The van der Waals surface area contributed by atoms with Crippen LogP contribution in [0.4, 0.5) is 0 Å². The van der Waals surface area contributed by atoms with Crippen molar-refractivity contribution in [2.75, 3.05) is 6.79 Å². The van der Waals surface area contributed by atoms with Gasteiger partial charge in [-0.2, -0.15) is 0 Å². The molecule has 0 unspecified atom stereocenters. The number of carbonyl (C=O) groups is 1. The fourth-order valence-electron chi connectivity index (χ4n) is 1.60. The zero-order valence-electron chi connectivity index (χ0n) is 11.4. The minimum absolute atomic E-state index is 0.126.